The maximum atomic E-state index is 11.9. The average molecular weight is 456 g/mol. The zero-order chi connectivity index (χ0) is 20.6. The summed E-state index contributed by atoms with van der Waals surface area (Å²) < 4.78 is 0.773. The number of halogens is 1. The number of para-hydroxylation sites is 1. The first-order valence-corrected chi connectivity index (χ1v) is 10.8. The number of likely N-dealkylation sites (N-methyl/N-ethyl adjacent to an activating group) is 1. The van der Waals surface area contributed by atoms with Crippen molar-refractivity contribution >= 4 is 32.5 Å². The number of anilines is 1. The number of pyridine rings is 1. The largest absolute Gasteiger partial charge is 0.375 e. The van der Waals surface area contributed by atoms with Gasteiger partial charge in [-0.15, -0.1) is 0 Å². The van der Waals surface area contributed by atoms with Crippen LogP contribution in [0.5, 0.6) is 0 Å². The number of aliphatic hydroxyl groups is 2. The molecule has 3 aromatic rings. The quantitative estimate of drug-likeness (QED) is 0.592. The van der Waals surface area contributed by atoms with Gasteiger partial charge < -0.3 is 20.0 Å². The molecule has 29 heavy (non-hydrogen) atoms. The predicted molar refractivity (Wildman–Crippen MR) is 120 cm³/mol. The number of fused-ring (bicyclic) bond motifs is 2. The molecule has 2 unspecified atom stereocenters. The number of aliphatic hydroxyl groups excluding tert-OH is 1. The van der Waals surface area contributed by atoms with Crippen molar-refractivity contribution in [2.45, 2.75) is 25.7 Å². The first kappa shape index (κ1) is 20.3. The molecule has 1 aromatic heterocycles. The van der Waals surface area contributed by atoms with Crippen LogP contribution in [0, 0.1) is 0 Å². The monoisotopic (exact) mass is 455 g/mol. The third kappa shape index (κ3) is 3.34. The van der Waals surface area contributed by atoms with Gasteiger partial charge >= 0.3 is 0 Å². The van der Waals surface area contributed by atoms with E-state index in [0.717, 1.165) is 40.7 Å². The lowest BCUT2D eigenvalue weighted by atomic mass is 9.87. The van der Waals surface area contributed by atoms with Crippen molar-refractivity contribution in [3.8, 4) is 0 Å². The molecule has 0 radical (unpaired) electrons. The van der Waals surface area contributed by atoms with Gasteiger partial charge in [0, 0.05) is 46.0 Å². The van der Waals surface area contributed by atoms with E-state index in [4.69, 9.17) is 0 Å². The molecule has 4 rings (SSSR count). The molecule has 152 valence electrons. The minimum absolute atomic E-state index is 0.585. The van der Waals surface area contributed by atoms with Crippen LogP contribution in [0.25, 0.3) is 10.9 Å². The van der Waals surface area contributed by atoms with Gasteiger partial charge in [-0.05, 0) is 37.4 Å². The van der Waals surface area contributed by atoms with Gasteiger partial charge in [0.15, 0.2) is 11.8 Å². The van der Waals surface area contributed by atoms with Gasteiger partial charge in [-0.1, -0.05) is 54.0 Å². The van der Waals surface area contributed by atoms with Gasteiger partial charge in [-0.25, -0.2) is 0 Å². The summed E-state index contributed by atoms with van der Waals surface area (Å²) in [7, 11) is 0. The molecule has 0 amide bonds. The summed E-state index contributed by atoms with van der Waals surface area (Å²) in [6.45, 7) is 7.59. The van der Waals surface area contributed by atoms with Gasteiger partial charge in [0.25, 0.3) is 0 Å². The molecular weight excluding hydrogens is 430 g/mol. The summed E-state index contributed by atoms with van der Waals surface area (Å²) >= 11 is 3.60. The van der Waals surface area contributed by atoms with Crippen LogP contribution in [-0.2, 0) is 5.60 Å². The van der Waals surface area contributed by atoms with E-state index >= 15 is 0 Å². The van der Waals surface area contributed by atoms with E-state index in [-0.39, 0.29) is 0 Å². The average Bonchev–Trinajstić information content (AvgIpc) is 2.97. The van der Waals surface area contributed by atoms with E-state index in [1.165, 1.54) is 0 Å². The van der Waals surface area contributed by atoms with Gasteiger partial charge in [-0.3, -0.25) is 4.98 Å². The number of nitrogens with zero attached hydrogens (tertiary/aromatic N) is 3. The highest BCUT2D eigenvalue weighted by Crippen LogP contribution is 2.50. The standard InChI is InChI=1S/C23H26BrN3O2/c1-3-26(4-2)12-13-27-20-11-7-9-18(24)21(20)23(29,22(27)28)17-14-16-8-5-6-10-19(16)25-15-17/h5-11,14-15,22,28-29H,3-4,12-13H2,1-2H3. The molecule has 1 aliphatic rings. The molecule has 5 nitrogen and oxygen atoms in total. The fourth-order valence-electron chi connectivity index (χ4n) is 4.22. The Morgan fingerprint density at radius 3 is 2.66 bits per heavy atom. The Balaban J connectivity index is 1.80. The Morgan fingerprint density at radius 2 is 1.90 bits per heavy atom. The fourth-order valence-corrected chi connectivity index (χ4v) is 4.88. The van der Waals surface area contributed by atoms with Crippen molar-refractivity contribution in [1.29, 1.82) is 0 Å². The van der Waals surface area contributed by atoms with E-state index in [1.54, 1.807) is 6.20 Å². The maximum absolute atomic E-state index is 11.9. The molecule has 0 fully saturated rings. The highest BCUT2D eigenvalue weighted by atomic mass is 79.9. The molecule has 2 atom stereocenters. The molecule has 2 N–H and O–H groups in total. The minimum Gasteiger partial charge on any atom is -0.375 e. The van der Waals surface area contributed by atoms with E-state index < -0.39 is 11.8 Å². The Kier molecular flexibility index (Phi) is 5.62. The van der Waals surface area contributed by atoms with Gasteiger partial charge in [0.05, 0.1) is 5.52 Å². The van der Waals surface area contributed by atoms with Crippen LogP contribution in [0.3, 0.4) is 0 Å². The fraction of sp³-hybridized carbons (Fsp3) is 0.348. The number of benzene rings is 2. The second-order valence-electron chi connectivity index (χ2n) is 7.41. The molecule has 6 heteroatoms. The van der Waals surface area contributed by atoms with Gasteiger partial charge in [0.1, 0.15) is 0 Å². The Labute approximate surface area is 179 Å². The SMILES string of the molecule is CCN(CC)CCN1c2cccc(Br)c2C(O)(c2cnc3ccccc3c2)C1O. The summed E-state index contributed by atoms with van der Waals surface area (Å²) in [5.41, 5.74) is 1.40. The summed E-state index contributed by atoms with van der Waals surface area (Å²) in [5.74, 6) is 0. The van der Waals surface area contributed by atoms with E-state index in [2.05, 4.69) is 39.7 Å². The van der Waals surface area contributed by atoms with Gasteiger partial charge in [0.2, 0.25) is 0 Å². The van der Waals surface area contributed by atoms with Crippen molar-refractivity contribution in [2.24, 2.45) is 0 Å². The second kappa shape index (κ2) is 8.03. The molecule has 0 spiro atoms. The Bertz CT molecular complexity index is 1020. The van der Waals surface area contributed by atoms with Crippen molar-refractivity contribution in [3.05, 3.63) is 70.3 Å². The van der Waals surface area contributed by atoms with Crippen LogP contribution in [0.1, 0.15) is 25.0 Å². The molecular formula is C23H26BrN3O2. The van der Waals surface area contributed by atoms with E-state index in [0.29, 0.717) is 17.7 Å². The molecule has 0 bridgehead atoms. The van der Waals surface area contributed by atoms with Crippen molar-refractivity contribution in [2.75, 3.05) is 31.1 Å². The Morgan fingerprint density at radius 1 is 1.14 bits per heavy atom. The minimum atomic E-state index is -1.57. The van der Waals surface area contributed by atoms with Crippen LogP contribution >= 0.6 is 15.9 Å². The van der Waals surface area contributed by atoms with Crippen LogP contribution in [0.15, 0.2) is 59.2 Å². The predicted octanol–water partition coefficient (Wildman–Crippen LogP) is 3.71. The highest BCUT2D eigenvalue weighted by molar-refractivity contribution is 9.10. The lowest BCUT2D eigenvalue weighted by Crippen LogP contribution is -2.48. The summed E-state index contributed by atoms with van der Waals surface area (Å²) in [5, 5.41) is 24.2. The van der Waals surface area contributed by atoms with Crippen LogP contribution in [0.4, 0.5) is 5.69 Å². The molecule has 0 saturated carbocycles. The van der Waals surface area contributed by atoms with Crippen molar-refractivity contribution in [1.82, 2.24) is 9.88 Å². The van der Waals surface area contributed by atoms with Crippen molar-refractivity contribution < 1.29 is 10.2 Å². The Hall–Kier alpha value is -1.99. The summed E-state index contributed by atoms with van der Waals surface area (Å²) in [4.78, 5) is 8.72. The van der Waals surface area contributed by atoms with E-state index in [1.807, 2.05) is 53.4 Å². The lowest BCUT2D eigenvalue weighted by Gasteiger charge is -2.33. The first-order valence-electron chi connectivity index (χ1n) is 10.0. The third-order valence-corrected chi connectivity index (χ3v) is 6.59. The maximum Gasteiger partial charge on any atom is 0.164 e. The van der Waals surface area contributed by atoms with Crippen molar-refractivity contribution in [3.63, 3.8) is 0 Å². The van der Waals surface area contributed by atoms with Crippen LogP contribution in [0.2, 0.25) is 0 Å². The summed E-state index contributed by atoms with van der Waals surface area (Å²) in [6, 6.07) is 15.5. The zero-order valence-electron chi connectivity index (χ0n) is 16.7. The number of rotatable bonds is 6. The molecule has 0 aliphatic carbocycles. The van der Waals surface area contributed by atoms with E-state index in [9.17, 15) is 10.2 Å². The smallest absolute Gasteiger partial charge is 0.164 e. The molecule has 0 saturated heterocycles. The van der Waals surface area contributed by atoms with Crippen LogP contribution < -0.4 is 4.90 Å². The number of hydrogen-bond donors (Lipinski definition) is 2. The molecule has 1 aliphatic heterocycles. The third-order valence-electron chi connectivity index (χ3n) is 5.93. The number of hydrogen-bond acceptors (Lipinski definition) is 5. The molecule has 2 heterocycles. The highest BCUT2D eigenvalue weighted by Gasteiger charge is 2.52. The number of aromatic nitrogens is 1. The molecule has 2 aromatic carbocycles. The zero-order valence-corrected chi connectivity index (χ0v) is 18.3. The second-order valence-corrected chi connectivity index (χ2v) is 8.27. The van der Waals surface area contributed by atoms with Crippen LogP contribution in [-0.4, -0.2) is 52.5 Å². The lowest BCUT2D eigenvalue weighted by molar-refractivity contribution is -0.0392. The normalized spacial score (nSPS) is 21.2. The topological polar surface area (TPSA) is 59.8 Å². The first-order chi connectivity index (χ1) is 14.0. The summed E-state index contributed by atoms with van der Waals surface area (Å²) in [6.07, 6.45) is 0.567. The van der Waals surface area contributed by atoms with Gasteiger partial charge in [-0.2, -0.15) is 0 Å².